The zero-order valence-electron chi connectivity index (χ0n) is 17.0. The minimum atomic E-state index is 0.730. The van der Waals surface area contributed by atoms with E-state index >= 15 is 0 Å². The van der Waals surface area contributed by atoms with Crippen molar-refractivity contribution in [3.05, 3.63) is 70.8 Å². The van der Waals surface area contributed by atoms with Gasteiger partial charge in [-0.3, -0.25) is 14.4 Å². The van der Waals surface area contributed by atoms with Gasteiger partial charge in [-0.25, -0.2) is 4.68 Å². The van der Waals surface area contributed by atoms with Gasteiger partial charge in [0.15, 0.2) is 0 Å². The molecule has 0 radical (unpaired) electrons. The summed E-state index contributed by atoms with van der Waals surface area (Å²) < 4.78 is 9.88. The topological polar surface area (TPSA) is 38.5 Å². The molecule has 2 heterocycles. The van der Waals surface area contributed by atoms with Gasteiger partial charge in [-0.05, 0) is 48.5 Å². The third kappa shape index (κ3) is 4.58. The Balaban J connectivity index is 1.34. The molecule has 0 bridgehead atoms. The van der Waals surface area contributed by atoms with Crippen LogP contribution in [-0.4, -0.2) is 57.4 Å². The van der Waals surface area contributed by atoms with Crippen LogP contribution in [0.4, 0.5) is 0 Å². The van der Waals surface area contributed by atoms with E-state index < -0.39 is 0 Å². The van der Waals surface area contributed by atoms with Gasteiger partial charge in [0.05, 0.1) is 19.5 Å². The highest BCUT2D eigenvalue weighted by Crippen LogP contribution is 2.16. The third-order valence-corrected chi connectivity index (χ3v) is 5.88. The molecular weight excluding hydrogens is 382 g/mol. The average Bonchev–Trinajstić information content (AvgIpc) is 3.10. The predicted molar refractivity (Wildman–Crippen MR) is 117 cm³/mol. The van der Waals surface area contributed by atoms with Gasteiger partial charge in [0.1, 0.15) is 12.1 Å². The first-order chi connectivity index (χ1) is 14.1. The summed E-state index contributed by atoms with van der Waals surface area (Å²) in [6.07, 6.45) is 1.82. The standard InChI is InChI=1S/C22H27N5OS/c1-18-5-3-4-6-21(18)26-16-23-27(22(26)29)17-25-13-11-24(12-14-25)15-19-7-9-20(28-2)10-8-19/h3-10,16H,11-15,17H2,1-2H3. The summed E-state index contributed by atoms with van der Waals surface area (Å²) in [5.41, 5.74) is 3.60. The van der Waals surface area contributed by atoms with E-state index in [1.807, 2.05) is 39.8 Å². The number of aryl methyl sites for hydroxylation is 1. The normalized spacial score (nSPS) is 15.5. The van der Waals surface area contributed by atoms with E-state index in [4.69, 9.17) is 17.0 Å². The molecule has 7 heteroatoms. The minimum absolute atomic E-state index is 0.730. The van der Waals surface area contributed by atoms with Crippen molar-refractivity contribution < 1.29 is 4.74 Å². The van der Waals surface area contributed by atoms with Crippen LogP contribution in [0.1, 0.15) is 11.1 Å². The molecule has 4 rings (SSSR count). The molecule has 0 aliphatic carbocycles. The molecule has 0 atom stereocenters. The Morgan fingerprint density at radius 2 is 1.66 bits per heavy atom. The Labute approximate surface area is 176 Å². The van der Waals surface area contributed by atoms with Crippen molar-refractivity contribution in [3.63, 3.8) is 0 Å². The number of ether oxygens (including phenoxy) is 1. The van der Waals surface area contributed by atoms with Gasteiger partial charge in [-0.15, -0.1) is 0 Å². The Morgan fingerprint density at radius 1 is 0.966 bits per heavy atom. The first-order valence-electron chi connectivity index (χ1n) is 9.92. The second-order valence-corrected chi connectivity index (χ2v) is 7.82. The molecular formula is C22H27N5OS. The molecule has 6 nitrogen and oxygen atoms in total. The largest absolute Gasteiger partial charge is 0.497 e. The summed E-state index contributed by atoms with van der Waals surface area (Å²) in [5, 5.41) is 4.54. The lowest BCUT2D eigenvalue weighted by atomic mass is 10.2. The second-order valence-electron chi connectivity index (χ2n) is 7.45. The molecule has 1 aliphatic heterocycles. The zero-order valence-corrected chi connectivity index (χ0v) is 17.8. The van der Waals surface area contributed by atoms with Gasteiger partial charge in [0.25, 0.3) is 0 Å². The molecule has 3 aromatic rings. The molecule has 0 spiro atoms. The summed E-state index contributed by atoms with van der Waals surface area (Å²) >= 11 is 5.68. The maximum atomic E-state index is 5.68. The van der Waals surface area contributed by atoms with Crippen LogP contribution in [0.2, 0.25) is 0 Å². The van der Waals surface area contributed by atoms with E-state index in [0.29, 0.717) is 0 Å². The van der Waals surface area contributed by atoms with Crippen molar-refractivity contribution in [1.29, 1.82) is 0 Å². The lowest BCUT2D eigenvalue weighted by Crippen LogP contribution is -2.46. The molecule has 1 aromatic heterocycles. The first kappa shape index (κ1) is 19.8. The van der Waals surface area contributed by atoms with Crippen LogP contribution in [0.3, 0.4) is 0 Å². The molecule has 1 aliphatic rings. The van der Waals surface area contributed by atoms with Gasteiger partial charge >= 0.3 is 0 Å². The Hall–Kier alpha value is -2.48. The summed E-state index contributed by atoms with van der Waals surface area (Å²) in [6.45, 7) is 7.89. The van der Waals surface area contributed by atoms with E-state index in [9.17, 15) is 0 Å². The lowest BCUT2D eigenvalue weighted by Gasteiger charge is -2.34. The van der Waals surface area contributed by atoms with Crippen LogP contribution in [-0.2, 0) is 13.2 Å². The van der Waals surface area contributed by atoms with Crippen molar-refractivity contribution in [2.24, 2.45) is 0 Å². The first-order valence-corrected chi connectivity index (χ1v) is 10.3. The summed E-state index contributed by atoms with van der Waals surface area (Å²) in [5.74, 6) is 0.903. The SMILES string of the molecule is COc1ccc(CN2CCN(Cn3ncn(-c4ccccc4C)c3=S)CC2)cc1. The minimum Gasteiger partial charge on any atom is -0.497 e. The number of benzene rings is 2. The molecule has 0 unspecified atom stereocenters. The van der Waals surface area contributed by atoms with Crippen LogP contribution in [0.15, 0.2) is 54.9 Å². The number of aromatic nitrogens is 3. The molecule has 152 valence electrons. The number of nitrogens with zero attached hydrogens (tertiary/aromatic N) is 5. The lowest BCUT2D eigenvalue weighted by molar-refractivity contribution is 0.0981. The average molecular weight is 410 g/mol. The van der Waals surface area contributed by atoms with E-state index in [2.05, 4.69) is 46.1 Å². The third-order valence-electron chi connectivity index (χ3n) is 5.47. The van der Waals surface area contributed by atoms with Crippen molar-refractivity contribution in [3.8, 4) is 11.4 Å². The van der Waals surface area contributed by atoms with Crippen LogP contribution in [0, 0.1) is 11.7 Å². The maximum absolute atomic E-state index is 5.68. The van der Waals surface area contributed by atoms with Crippen molar-refractivity contribution >= 4 is 12.2 Å². The van der Waals surface area contributed by atoms with Gasteiger partial charge in [-0.2, -0.15) is 5.10 Å². The zero-order chi connectivity index (χ0) is 20.2. The molecule has 29 heavy (non-hydrogen) atoms. The van der Waals surface area contributed by atoms with E-state index in [-0.39, 0.29) is 0 Å². The number of piperazine rings is 1. The van der Waals surface area contributed by atoms with Crippen molar-refractivity contribution in [1.82, 2.24) is 24.1 Å². The van der Waals surface area contributed by atoms with Gasteiger partial charge < -0.3 is 4.74 Å². The van der Waals surface area contributed by atoms with Crippen LogP contribution in [0.5, 0.6) is 5.75 Å². The van der Waals surface area contributed by atoms with Gasteiger partial charge in [0, 0.05) is 32.7 Å². The number of rotatable bonds is 6. The predicted octanol–water partition coefficient (Wildman–Crippen LogP) is 3.50. The fraction of sp³-hybridized carbons (Fsp3) is 0.364. The van der Waals surface area contributed by atoms with Crippen molar-refractivity contribution in [2.75, 3.05) is 33.3 Å². The molecule has 0 N–H and O–H groups in total. The highest BCUT2D eigenvalue weighted by molar-refractivity contribution is 7.71. The molecule has 0 amide bonds. The Kier molecular flexibility index (Phi) is 6.08. The fourth-order valence-electron chi connectivity index (χ4n) is 3.70. The molecule has 0 saturated carbocycles. The number of para-hydroxylation sites is 1. The monoisotopic (exact) mass is 409 g/mol. The van der Waals surface area contributed by atoms with Crippen LogP contribution < -0.4 is 4.74 Å². The van der Waals surface area contributed by atoms with E-state index in [1.165, 1.54) is 11.1 Å². The maximum Gasteiger partial charge on any atom is 0.203 e. The summed E-state index contributed by atoms with van der Waals surface area (Å²) in [6, 6.07) is 16.6. The number of hydrogen-bond acceptors (Lipinski definition) is 5. The Bertz CT molecular complexity index is 1000. The van der Waals surface area contributed by atoms with Gasteiger partial charge in [0.2, 0.25) is 4.77 Å². The second kappa shape index (κ2) is 8.90. The Morgan fingerprint density at radius 3 is 2.34 bits per heavy atom. The van der Waals surface area contributed by atoms with E-state index in [1.54, 1.807) is 7.11 Å². The molecule has 2 aromatic carbocycles. The number of hydrogen-bond donors (Lipinski definition) is 0. The fourth-order valence-corrected chi connectivity index (χ4v) is 3.95. The van der Waals surface area contributed by atoms with Gasteiger partial charge in [-0.1, -0.05) is 30.3 Å². The molecule has 1 saturated heterocycles. The highest BCUT2D eigenvalue weighted by Gasteiger charge is 2.18. The highest BCUT2D eigenvalue weighted by atomic mass is 32.1. The van der Waals surface area contributed by atoms with Crippen LogP contribution in [0.25, 0.3) is 5.69 Å². The van der Waals surface area contributed by atoms with E-state index in [0.717, 1.165) is 55.6 Å². The molecule has 1 fully saturated rings. The number of methoxy groups -OCH3 is 1. The van der Waals surface area contributed by atoms with Crippen molar-refractivity contribution in [2.45, 2.75) is 20.1 Å². The van der Waals surface area contributed by atoms with Crippen LogP contribution >= 0.6 is 12.2 Å². The summed E-state index contributed by atoms with van der Waals surface area (Å²) in [4.78, 5) is 4.90. The quantitative estimate of drug-likeness (QED) is 0.583. The summed E-state index contributed by atoms with van der Waals surface area (Å²) in [7, 11) is 1.70. The smallest absolute Gasteiger partial charge is 0.203 e.